The molecule has 0 saturated carbocycles. The summed E-state index contributed by atoms with van der Waals surface area (Å²) in [6.45, 7) is 4.61. The van der Waals surface area contributed by atoms with E-state index in [1.807, 2.05) is 21.1 Å². The van der Waals surface area contributed by atoms with E-state index >= 15 is 0 Å². The molecule has 2 unspecified atom stereocenters. The zero-order chi connectivity index (χ0) is 24.3. The van der Waals surface area contributed by atoms with E-state index in [0.29, 0.717) is 11.0 Å². The van der Waals surface area contributed by atoms with Crippen LogP contribution in [0.1, 0.15) is 97.3 Å². The molecule has 198 valence electrons. The average molecular weight is 496 g/mol. The summed E-state index contributed by atoms with van der Waals surface area (Å²) in [5.74, 6) is -1.01. The van der Waals surface area contributed by atoms with Gasteiger partial charge >= 0.3 is 13.8 Å². The van der Waals surface area contributed by atoms with E-state index in [1.54, 1.807) is 13.0 Å². The van der Waals surface area contributed by atoms with Gasteiger partial charge in [-0.15, -0.1) is 0 Å². The van der Waals surface area contributed by atoms with Crippen LogP contribution in [0.2, 0.25) is 0 Å². The minimum atomic E-state index is -3.88. The summed E-state index contributed by atoms with van der Waals surface area (Å²) in [4.78, 5) is 11.2. The van der Waals surface area contributed by atoms with Crippen LogP contribution in [0.3, 0.4) is 0 Å². The molecule has 0 aliphatic carbocycles. The lowest BCUT2D eigenvalue weighted by Gasteiger charge is -2.29. The molecule has 0 aliphatic rings. The predicted octanol–water partition coefficient (Wildman–Crippen LogP) is 6.75. The molecule has 0 aromatic heterocycles. The van der Waals surface area contributed by atoms with Crippen molar-refractivity contribution in [2.75, 3.05) is 34.3 Å². The van der Waals surface area contributed by atoms with Crippen molar-refractivity contribution in [1.82, 2.24) is 0 Å². The van der Waals surface area contributed by atoms with E-state index in [1.165, 1.54) is 64.0 Å². The van der Waals surface area contributed by atoms with Gasteiger partial charge in [0.1, 0.15) is 12.6 Å². The van der Waals surface area contributed by atoms with Gasteiger partial charge in [-0.2, -0.15) is 0 Å². The smallest absolute Gasteiger partial charge is 0.529 e. The summed E-state index contributed by atoms with van der Waals surface area (Å²) < 4.78 is 29.9. The maximum Gasteiger partial charge on any atom is 0.529 e. The van der Waals surface area contributed by atoms with Gasteiger partial charge in [0.2, 0.25) is 0 Å². The van der Waals surface area contributed by atoms with Crippen LogP contribution in [0.4, 0.5) is 0 Å². The van der Waals surface area contributed by atoms with Gasteiger partial charge < -0.3 is 19.6 Å². The topological polar surface area (TPSA) is 112 Å². The van der Waals surface area contributed by atoms with Crippen LogP contribution in [0.5, 0.6) is 0 Å². The van der Waals surface area contributed by atoms with Gasteiger partial charge in [0.15, 0.2) is 0 Å². The molecule has 0 rings (SSSR count). The number of quaternary nitrogens is 1. The minimum Gasteiger partial charge on any atom is -0.870 e. The van der Waals surface area contributed by atoms with E-state index in [4.69, 9.17) is 13.6 Å². The van der Waals surface area contributed by atoms with Gasteiger partial charge in [0.05, 0.1) is 40.4 Å². The Hall–Kier alpha value is -0.920. The first kappa shape index (κ1) is 34.2. The highest BCUT2D eigenvalue weighted by Crippen LogP contribution is 2.51. The highest BCUT2D eigenvalue weighted by molar-refractivity contribution is 7.48. The molecule has 0 spiro atoms. The van der Waals surface area contributed by atoms with Gasteiger partial charge in [-0.25, -0.2) is 4.57 Å². The summed E-state index contributed by atoms with van der Waals surface area (Å²) in [5.41, 5.74) is 0. The maximum absolute atomic E-state index is 13.0. The lowest BCUT2D eigenvalue weighted by Crippen LogP contribution is -2.43. The Bertz CT molecular complexity index is 549. The summed E-state index contributed by atoms with van der Waals surface area (Å²) in [6.07, 6.45) is 16.6. The van der Waals surface area contributed by atoms with Crippen molar-refractivity contribution in [1.29, 1.82) is 0 Å². The Labute approximate surface area is 202 Å². The number of nitrogens with zero attached hydrogens (tertiary/aromatic N) is 1. The summed E-state index contributed by atoms with van der Waals surface area (Å²) in [7, 11) is 1.88. The fraction of sp³-hybridized carbons (Fsp3) is 0.875. The second kappa shape index (κ2) is 20.5. The SMILES string of the molecule is CC=COP(=O)(OCCCCCCCCCCCCCC)OC(CC(=O)O)C[N+](C)(C)C.[OH-]. The molecule has 0 aromatic carbocycles. The van der Waals surface area contributed by atoms with Crippen molar-refractivity contribution in [2.24, 2.45) is 0 Å². The highest BCUT2D eigenvalue weighted by Gasteiger charge is 2.35. The fourth-order valence-corrected chi connectivity index (χ4v) is 4.77. The number of likely N-dealkylation sites (N-methyl/N-ethyl adjacent to an activating group) is 1. The number of hydrogen-bond donors (Lipinski definition) is 1. The van der Waals surface area contributed by atoms with Crippen LogP contribution in [-0.2, 0) is 22.9 Å². The van der Waals surface area contributed by atoms with Gasteiger partial charge in [0.25, 0.3) is 0 Å². The number of carboxylic acids is 1. The Kier molecular flexibility index (Phi) is 21.2. The number of hydrogen-bond acceptors (Lipinski definition) is 6. The second-order valence-electron chi connectivity index (χ2n) is 9.54. The number of aliphatic carboxylic acids is 1. The molecule has 8 nitrogen and oxygen atoms in total. The third-order valence-corrected chi connectivity index (χ3v) is 6.44. The van der Waals surface area contributed by atoms with Gasteiger partial charge in [-0.05, 0) is 13.3 Å². The molecule has 9 heteroatoms. The Balaban J connectivity index is 0. The van der Waals surface area contributed by atoms with Gasteiger partial charge in [-0.3, -0.25) is 13.8 Å². The number of unbranched alkanes of at least 4 members (excludes halogenated alkanes) is 11. The standard InChI is InChI=1S/C24H48NO6P.H2O/c1-6-8-9-10-11-12-13-14-15-16-17-18-20-30-32(28,29-19-7-2)31-23(21-24(26)27)22-25(3,4)5;/h7,19,23H,6,8-18,20-22H2,1-5H3;1H2. The Morgan fingerprint density at radius 2 is 1.42 bits per heavy atom. The van der Waals surface area contributed by atoms with Crippen LogP contribution in [0.15, 0.2) is 12.3 Å². The maximum atomic E-state index is 13.0. The average Bonchev–Trinajstić information content (AvgIpc) is 2.68. The van der Waals surface area contributed by atoms with Crippen molar-refractivity contribution >= 4 is 13.8 Å². The van der Waals surface area contributed by atoms with Crippen LogP contribution >= 0.6 is 7.82 Å². The normalized spacial score (nSPS) is 14.6. The number of phosphoric ester groups is 1. The minimum absolute atomic E-state index is 0. The van der Waals surface area contributed by atoms with Crippen LogP contribution in [0, 0.1) is 0 Å². The first-order valence-electron chi connectivity index (χ1n) is 12.4. The van der Waals surface area contributed by atoms with Gasteiger partial charge in [-0.1, -0.05) is 83.6 Å². The van der Waals surface area contributed by atoms with Gasteiger partial charge in [0, 0.05) is 0 Å². The molecule has 0 aliphatic heterocycles. The van der Waals surface area contributed by atoms with Crippen molar-refractivity contribution < 1.29 is 38.0 Å². The van der Waals surface area contributed by atoms with Crippen molar-refractivity contribution in [3.8, 4) is 0 Å². The molecular formula is C24H50NO7P. The molecule has 2 atom stereocenters. The number of phosphoric acid groups is 1. The molecule has 0 saturated heterocycles. The van der Waals surface area contributed by atoms with Crippen LogP contribution < -0.4 is 0 Å². The third kappa shape index (κ3) is 22.6. The summed E-state index contributed by atoms with van der Waals surface area (Å²) in [6, 6.07) is 0. The lowest BCUT2D eigenvalue weighted by atomic mass is 10.1. The van der Waals surface area contributed by atoms with E-state index in [2.05, 4.69) is 6.92 Å². The molecule has 33 heavy (non-hydrogen) atoms. The molecule has 2 N–H and O–H groups in total. The zero-order valence-electron chi connectivity index (χ0n) is 21.7. The second-order valence-corrected chi connectivity index (χ2v) is 11.1. The van der Waals surface area contributed by atoms with Crippen molar-refractivity contribution in [2.45, 2.75) is 103 Å². The number of carbonyl (C=O) groups is 1. The molecule has 0 fully saturated rings. The van der Waals surface area contributed by atoms with Crippen LogP contribution in [-0.4, -0.2) is 61.4 Å². The number of allylic oxidation sites excluding steroid dienone is 1. The molecule has 0 heterocycles. The Morgan fingerprint density at radius 1 is 0.939 bits per heavy atom. The monoisotopic (exact) mass is 495 g/mol. The van der Waals surface area contributed by atoms with E-state index in [-0.39, 0.29) is 18.5 Å². The number of carboxylic acid groups (broad SMARTS) is 1. The Morgan fingerprint density at radius 3 is 1.85 bits per heavy atom. The van der Waals surface area contributed by atoms with E-state index < -0.39 is 19.9 Å². The van der Waals surface area contributed by atoms with E-state index in [0.717, 1.165) is 19.3 Å². The van der Waals surface area contributed by atoms with E-state index in [9.17, 15) is 14.5 Å². The summed E-state index contributed by atoms with van der Waals surface area (Å²) in [5, 5.41) is 9.18. The zero-order valence-corrected chi connectivity index (χ0v) is 22.6. The van der Waals surface area contributed by atoms with Crippen molar-refractivity contribution in [3.63, 3.8) is 0 Å². The largest absolute Gasteiger partial charge is 0.870 e. The highest BCUT2D eigenvalue weighted by atomic mass is 31.2. The molecule has 0 radical (unpaired) electrons. The molecule has 0 amide bonds. The molecular weight excluding hydrogens is 445 g/mol. The third-order valence-electron chi connectivity index (χ3n) is 5.01. The molecule has 0 aromatic rings. The number of rotatable bonds is 22. The fourth-order valence-electron chi connectivity index (χ4n) is 3.46. The lowest BCUT2D eigenvalue weighted by molar-refractivity contribution is -0.873. The van der Waals surface area contributed by atoms with Crippen LogP contribution in [0.25, 0.3) is 0 Å². The molecule has 0 bridgehead atoms. The first-order valence-corrected chi connectivity index (χ1v) is 13.8. The quantitative estimate of drug-likeness (QED) is 0.0765. The predicted molar refractivity (Wildman–Crippen MR) is 132 cm³/mol. The van der Waals surface area contributed by atoms with Crippen molar-refractivity contribution in [3.05, 3.63) is 12.3 Å². The first-order chi connectivity index (χ1) is 15.1. The summed E-state index contributed by atoms with van der Waals surface area (Å²) >= 11 is 0.